The van der Waals surface area contributed by atoms with Gasteiger partial charge in [0.1, 0.15) is 5.75 Å². The van der Waals surface area contributed by atoms with Crippen LogP contribution in [0.15, 0.2) is 48.5 Å². The van der Waals surface area contributed by atoms with Crippen LogP contribution in [0.5, 0.6) is 5.75 Å². The number of hydrogen-bond acceptors (Lipinski definition) is 3. The van der Waals surface area contributed by atoms with Crippen LogP contribution in [0.2, 0.25) is 0 Å². The Labute approximate surface area is 141 Å². The average molecular weight is 323 g/mol. The first-order chi connectivity index (χ1) is 11.7. The number of fused-ring (bicyclic) bond motifs is 1. The SMILES string of the molecule is COc1ccccc1CCNC(=O)C1CC(=O)c2ccccc2C1. The number of methoxy groups -OCH3 is 1. The van der Waals surface area contributed by atoms with E-state index in [2.05, 4.69) is 5.32 Å². The molecule has 4 nitrogen and oxygen atoms in total. The van der Waals surface area contributed by atoms with Crippen LogP contribution < -0.4 is 10.1 Å². The van der Waals surface area contributed by atoms with E-state index in [1.807, 2.05) is 48.5 Å². The number of para-hydroxylation sites is 1. The smallest absolute Gasteiger partial charge is 0.223 e. The van der Waals surface area contributed by atoms with Crippen molar-refractivity contribution in [2.75, 3.05) is 13.7 Å². The summed E-state index contributed by atoms with van der Waals surface area (Å²) in [6, 6.07) is 15.3. The summed E-state index contributed by atoms with van der Waals surface area (Å²) >= 11 is 0. The van der Waals surface area contributed by atoms with Gasteiger partial charge in [0.25, 0.3) is 0 Å². The third kappa shape index (κ3) is 3.48. The molecular weight excluding hydrogens is 302 g/mol. The first-order valence-corrected chi connectivity index (χ1v) is 8.19. The van der Waals surface area contributed by atoms with Gasteiger partial charge in [-0.1, -0.05) is 42.5 Å². The zero-order valence-corrected chi connectivity index (χ0v) is 13.7. The van der Waals surface area contributed by atoms with E-state index in [0.29, 0.717) is 19.4 Å². The molecule has 1 aliphatic rings. The first kappa shape index (κ1) is 16.2. The molecule has 0 saturated heterocycles. The maximum Gasteiger partial charge on any atom is 0.223 e. The molecule has 2 aromatic carbocycles. The fourth-order valence-corrected chi connectivity index (χ4v) is 3.20. The lowest BCUT2D eigenvalue weighted by Gasteiger charge is -2.22. The Morgan fingerprint density at radius 3 is 2.71 bits per heavy atom. The summed E-state index contributed by atoms with van der Waals surface area (Å²) in [6.07, 6.45) is 1.62. The Hall–Kier alpha value is -2.62. The van der Waals surface area contributed by atoms with Crippen molar-refractivity contribution in [3.05, 3.63) is 65.2 Å². The summed E-state index contributed by atoms with van der Waals surface area (Å²) in [5.74, 6) is 0.563. The van der Waals surface area contributed by atoms with Gasteiger partial charge in [-0.05, 0) is 30.0 Å². The molecular formula is C20H21NO3. The van der Waals surface area contributed by atoms with E-state index in [4.69, 9.17) is 4.74 Å². The lowest BCUT2D eigenvalue weighted by molar-refractivity contribution is -0.125. The molecule has 4 heteroatoms. The quantitative estimate of drug-likeness (QED) is 0.920. The molecule has 3 rings (SSSR count). The number of carbonyl (C=O) groups is 2. The second kappa shape index (κ2) is 7.30. The number of Topliss-reactive ketones (excluding diaryl/α,β-unsaturated/α-hetero) is 1. The van der Waals surface area contributed by atoms with Gasteiger partial charge < -0.3 is 10.1 Å². The highest BCUT2D eigenvalue weighted by molar-refractivity contribution is 6.01. The number of nitrogens with one attached hydrogen (secondary N) is 1. The molecule has 124 valence electrons. The van der Waals surface area contributed by atoms with Crippen LogP contribution in [-0.2, 0) is 17.6 Å². The second-order valence-electron chi connectivity index (χ2n) is 6.04. The molecule has 0 heterocycles. The van der Waals surface area contributed by atoms with Crippen LogP contribution in [0.25, 0.3) is 0 Å². The summed E-state index contributed by atoms with van der Waals surface area (Å²) in [6.45, 7) is 0.533. The molecule has 0 saturated carbocycles. The van der Waals surface area contributed by atoms with E-state index in [-0.39, 0.29) is 24.0 Å². The van der Waals surface area contributed by atoms with E-state index in [9.17, 15) is 9.59 Å². The summed E-state index contributed by atoms with van der Waals surface area (Å²) in [5, 5.41) is 2.96. The minimum absolute atomic E-state index is 0.0484. The van der Waals surface area contributed by atoms with Gasteiger partial charge in [0.2, 0.25) is 5.91 Å². The number of amides is 1. The van der Waals surface area contributed by atoms with Crippen LogP contribution in [-0.4, -0.2) is 25.3 Å². The highest BCUT2D eigenvalue weighted by atomic mass is 16.5. The van der Waals surface area contributed by atoms with Crippen molar-refractivity contribution in [3.8, 4) is 5.75 Å². The van der Waals surface area contributed by atoms with Crippen molar-refractivity contribution in [2.24, 2.45) is 5.92 Å². The topological polar surface area (TPSA) is 55.4 Å². The van der Waals surface area contributed by atoms with Gasteiger partial charge in [0, 0.05) is 24.4 Å². The van der Waals surface area contributed by atoms with Crippen LogP contribution in [0.1, 0.15) is 27.9 Å². The van der Waals surface area contributed by atoms with Crippen molar-refractivity contribution in [2.45, 2.75) is 19.3 Å². The minimum atomic E-state index is -0.273. The van der Waals surface area contributed by atoms with E-state index in [0.717, 1.165) is 22.4 Å². The van der Waals surface area contributed by atoms with Gasteiger partial charge >= 0.3 is 0 Å². The summed E-state index contributed by atoms with van der Waals surface area (Å²) in [7, 11) is 1.64. The zero-order chi connectivity index (χ0) is 16.9. The van der Waals surface area contributed by atoms with Gasteiger partial charge in [-0.2, -0.15) is 0 Å². The first-order valence-electron chi connectivity index (χ1n) is 8.19. The van der Waals surface area contributed by atoms with Crippen molar-refractivity contribution >= 4 is 11.7 Å². The maximum atomic E-state index is 12.4. The maximum absolute atomic E-state index is 12.4. The van der Waals surface area contributed by atoms with Gasteiger partial charge in [-0.15, -0.1) is 0 Å². The lowest BCUT2D eigenvalue weighted by Crippen LogP contribution is -2.36. The van der Waals surface area contributed by atoms with Crippen LogP contribution in [0.4, 0.5) is 0 Å². The van der Waals surface area contributed by atoms with Crippen molar-refractivity contribution < 1.29 is 14.3 Å². The Bertz CT molecular complexity index is 754. The molecule has 1 unspecified atom stereocenters. The van der Waals surface area contributed by atoms with E-state index >= 15 is 0 Å². The van der Waals surface area contributed by atoms with Crippen molar-refractivity contribution in [1.82, 2.24) is 5.32 Å². The summed E-state index contributed by atoms with van der Waals surface area (Å²) < 4.78 is 5.31. The molecule has 0 aliphatic heterocycles. The van der Waals surface area contributed by atoms with Crippen LogP contribution >= 0.6 is 0 Å². The zero-order valence-electron chi connectivity index (χ0n) is 13.7. The summed E-state index contributed by atoms with van der Waals surface area (Å²) in [5.41, 5.74) is 2.79. The largest absolute Gasteiger partial charge is 0.496 e. The van der Waals surface area contributed by atoms with Crippen molar-refractivity contribution in [1.29, 1.82) is 0 Å². The molecule has 1 N–H and O–H groups in total. The highest BCUT2D eigenvalue weighted by Gasteiger charge is 2.29. The third-order valence-electron chi connectivity index (χ3n) is 4.47. The summed E-state index contributed by atoms with van der Waals surface area (Å²) in [4.78, 5) is 24.6. The van der Waals surface area contributed by atoms with Crippen molar-refractivity contribution in [3.63, 3.8) is 0 Å². The predicted octanol–water partition coefficient (Wildman–Crippen LogP) is 2.80. The number of benzene rings is 2. The molecule has 0 fully saturated rings. The van der Waals surface area contributed by atoms with Gasteiger partial charge in [0.05, 0.1) is 7.11 Å². The predicted molar refractivity (Wildman–Crippen MR) is 92.3 cm³/mol. The molecule has 1 amide bonds. The Balaban J connectivity index is 1.57. The fraction of sp³-hybridized carbons (Fsp3) is 0.300. The Morgan fingerprint density at radius 1 is 1.12 bits per heavy atom. The van der Waals surface area contributed by atoms with Gasteiger partial charge in [0.15, 0.2) is 5.78 Å². The average Bonchev–Trinajstić information content (AvgIpc) is 2.62. The molecule has 24 heavy (non-hydrogen) atoms. The molecule has 0 aromatic heterocycles. The van der Waals surface area contributed by atoms with Gasteiger partial charge in [-0.25, -0.2) is 0 Å². The molecule has 0 radical (unpaired) electrons. The minimum Gasteiger partial charge on any atom is -0.496 e. The Kier molecular flexibility index (Phi) is 4.94. The number of ketones is 1. The van der Waals surface area contributed by atoms with E-state index in [1.54, 1.807) is 7.11 Å². The van der Waals surface area contributed by atoms with E-state index < -0.39 is 0 Å². The monoisotopic (exact) mass is 323 g/mol. The third-order valence-corrected chi connectivity index (χ3v) is 4.47. The number of rotatable bonds is 5. The standard InChI is InChI=1S/C20H21NO3/c1-24-19-9-5-3-6-14(19)10-11-21-20(23)16-12-15-7-2-4-8-17(15)18(22)13-16/h2-9,16H,10-13H2,1H3,(H,21,23). The number of carbonyl (C=O) groups excluding carboxylic acids is 2. The van der Waals surface area contributed by atoms with Crippen LogP contribution in [0, 0.1) is 5.92 Å². The molecule has 0 bridgehead atoms. The molecule has 2 aromatic rings. The normalized spacial score (nSPS) is 16.4. The number of ether oxygens (including phenoxy) is 1. The Morgan fingerprint density at radius 2 is 1.88 bits per heavy atom. The second-order valence-corrected chi connectivity index (χ2v) is 6.04. The molecule has 1 aliphatic carbocycles. The highest BCUT2D eigenvalue weighted by Crippen LogP contribution is 2.25. The lowest BCUT2D eigenvalue weighted by atomic mass is 9.82. The van der Waals surface area contributed by atoms with E-state index in [1.165, 1.54) is 0 Å². The van der Waals surface area contributed by atoms with Gasteiger partial charge in [-0.3, -0.25) is 9.59 Å². The number of hydrogen-bond donors (Lipinski definition) is 1. The van der Waals surface area contributed by atoms with Crippen LogP contribution in [0.3, 0.4) is 0 Å². The fourth-order valence-electron chi connectivity index (χ4n) is 3.20. The molecule has 0 spiro atoms. The molecule has 1 atom stereocenters.